The Morgan fingerprint density at radius 2 is 2.13 bits per heavy atom. The van der Waals surface area contributed by atoms with Crippen molar-refractivity contribution < 1.29 is 23.8 Å². The molecular weight excluding hydrogens is 298 g/mol. The summed E-state index contributed by atoms with van der Waals surface area (Å²) in [5.74, 6) is -0.146. The van der Waals surface area contributed by atoms with Crippen LogP contribution in [0.5, 0.6) is 5.75 Å². The highest BCUT2D eigenvalue weighted by atomic mass is 16.5. The summed E-state index contributed by atoms with van der Waals surface area (Å²) in [5.41, 5.74) is 0.839. The number of hydrogen-bond donors (Lipinski definition) is 1. The van der Waals surface area contributed by atoms with Crippen molar-refractivity contribution in [1.29, 1.82) is 0 Å². The lowest BCUT2D eigenvalue weighted by atomic mass is 10.2. The zero-order chi connectivity index (χ0) is 16.5. The smallest absolute Gasteiger partial charge is 0.331 e. The summed E-state index contributed by atoms with van der Waals surface area (Å²) >= 11 is 0. The first-order chi connectivity index (χ1) is 11.2. The fraction of sp³-hybridized carbons (Fsp3) is 0.412. The first-order valence-corrected chi connectivity index (χ1v) is 7.54. The molecule has 1 aliphatic heterocycles. The van der Waals surface area contributed by atoms with Crippen molar-refractivity contribution in [3.63, 3.8) is 0 Å². The summed E-state index contributed by atoms with van der Waals surface area (Å²) in [6.07, 6.45) is 4.95. The zero-order valence-electron chi connectivity index (χ0n) is 13.1. The minimum absolute atomic E-state index is 0.0737. The van der Waals surface area contributed by atoms with Gasteiger partial charge < -0.3 is 19.5 Å². The quantitative estimate of drug-likeness (QED) is 0.610. The molecule has 2 rings (SSSR count). The first kappa shape index (κ1) is 17.0. The van der Waals surface area contributed by atoms with Crippen molar-refractivity contribution >= 4 is 18.0 Å². The lowest BCUT2D eigenvalue weighted by Crippen LogP contribution is -2.34. The van der Waals surface area contributed by atoms with Crippen molar-refractivity contribution in [3.05, 3.63) is 35.9 Å². The van der Waals surface area contributed by atoms with Gasteiger partial charge in [-0.15, -0.1) is 0 Å². The van der Waals surface area contributed by atoms with E-state index in [0.717, 1.165) is 30.8 Å². The lowest BCUT2D eigenvalue weighted by molar-refractivity contribution is -0.143. The number of esters is 1. The van der Waals surface area contributed by atoms with E-state index in [0.29, 0.717) is 6.54 Å². The molecule has 0 bridgehead atoms. The van der Waals surface area contributed by atoms with Crippen LogP contribution in [0.15, 0.2) is 30.3 Å². The third-order valence-corrected chi connectivity index (χ3v) is 3.42. The molecule has 0 unspecified atom stereocenters. The third-order valence-electron chi connectivity index (χ3n) is 3.42. The van der Waals surface area contributed by atoms with Crippen LogP contribution in [-0.2, 0) is 19.1 Å². The van der Waals surface area contributed by atoms with Gasteiger partial charge in [0.2, 0.25) is 0 Å². The van der Waals surface area contributed by atoms with E-state index in [1.165, 1.54) is 6.08 Å². The second-order valence-electron chi connectivity index (χ2n) is 5.15. The summed E-state index contributed by atoms with van der Waals surface area (Å²) in [6, 6.07) is 7.22. The predicted octanol–water partition coefficient (Wildman–Crippen LogP) is 1.55. The van der Waals surface area contributed by atoms with E-state index in [1.807, 2.05) is 12.1 Å². The van der Waals surface area contributed by atoms with Gasteiger partial charge in [-0.2, -0.15) is 0 Å². The highest BCUT2D eigenvalue weighted by Gasteiger charge is 2.16. The molecule has 1 atom stereocenters. The van der Waals surface area contributed by atoms with Crippen LogP contribution in [0.1, 0.15) is 18.4 Å². The third kappa shape index (κ3) is 6.12. The minimum atomic E-state index is -0.562. The van der Waals surface area contributed by atoms with E-state index in [2.05, 4.69) is 5.32 Å². The molecule has 0 radical (unpaired) electrons. The molecule has 6 heteroatoms. The summed E-state index contributed by atoms with van der Waals surface area (Å²) in [5, 5.41) is 2.69. The van der Waals surface area contributed by atoms with Crippen molar-refractivity contribution in [1.82, 2.24) is 5.32 Å². The van der Waals surface area contributed by atoms with Crippen LogP contribution in [0.25, 0.3) is 6.08 Å². The van der Waals surface area contributed by atoms with E-state index in [-0.39, 0.29) is 18.6 Å². The zero-order valence-corrected chi connectivity index (χ0v) is 13.1. The van der Waals surface area contributed by atoms with E-state index in [1.54, 1.807) is 25.3 Å². The SMILES string of the molecule is COc1ccc(/C=C/C(=O)OCC(=O)NC[C@H]2CCCO2)cc1. The fourth-order valence-electron chi connectivity index (χ4n) is 2.15. The standard InChI is InChI=1S/C17H21NO5/c1-21-14-7-4-13(5-8-14)6-9-17(20)23-12-16(19)18-11-15-3-2-10-22-15/h4-9,15H,2-3,10-12H2,1H3,(H,18,19)/b9-6+/t15-/m1/s1. The van der Waals surface area contributed by atoms with Gasteiger partial charge in [-0.05, 0) is 36.6 Å². The second kappa shape index (κ2) is 8.95. The van der Waals surface area contributed by atoms with Gasteiger partial charge in [-0.1, -0.05) is 12.1 Å². The van der Waals surface area contributed by atoms with Crippen molar-refractivity contribution in [2.45, 2.75) is 18.9 Å². The number of carbonyl (C=O) groups excluding carboxylic acids is 2. The number of carbonyl (C=O) groups is 2. The van der Waals surface area contributed by atoms with E-state index in [4.69, 9.17) is 14.2 Å². The highest BCUT2D eigenvalue weighted by molar-refractivity contribution is 5.89. The topological polar surface area (TPSA) is 73.9 Å². The maximum absolute atomic E-state index is 11.6. The molecule has 1 amide bonds. The summed E-state index contributed by atoms with van der Waals surface area (Å²) in [4.78, 5) is 23.1. The molecule has 1 N–H and O–H groups in total. The van der Waals surface area contributed by atoms with Gasteiger partial charge in [0.15, 0.2) is 6.61 Å². The average molecular weight is 319 g/mol. The average Bonchev–Trinajstić information content (AvgIpc) is 3.10. The van der Waals surface area contributed by atoms with E-state index in [9.17, 15) is 9.59 Å². The van der Waals surface area contributed by atoms with Crippen LogP contribution in [0, 0.1) is 0 Å². The molecule has 6 nitrogen and oxygen atoms in total. The molecule has 1 saturated heterocycles. The molecule has 0 aromatic heterocycles. The molecule has 1 aliphatic rings. The number of methoxy groups -OCH3 is 1. The predicted molar refractivity (Wildman–Crippen MR) is 85.0 cm³/mol. The Hall–Kier alpha value is -2.34. The Labute approximate surface area is 135 Å². The molecule has 0 saturated carbocycles. The Balaban J connectivity index is 1.66. The Morgan fingerprint density at radius 1 is 1.35 bits per heavy atom. The summed E-state index contributed by atoms with van der Waals surface area (Å²) < 4.78 is 15.3. The van der Waals surface area contributed by atoms with Gasteiger partial charge in [-0.25, -0.2) is 4.79 Å². The molecule has 1 aromatic rings. The first-order valence-electron chi connectivity index (χ1n) is 7.54. The van der Waals surface area contributed by atoms with Gasteiger partial charge in [0.1, 0.15) is 5.75 Å². The highest BCUT2D eigenvalue weighted by Crippen LogP contribution is 2.12. The molecular formula is C17H21NO5. The molecule has 0 spiro atoms. The largest absolute Gasteiger partial charge is 0.497 e. The van der Waals surface area contributed by atoms with Crippen LogP contribution in [-0.4, -0.2) is 44.8 Å². The van der Waals surface area contributed by atoms with Crippen LogP contribution < -0.4 is 10.1 Å². The van der Waals surface area contributed by atoms with Gasteiger partial charge >= 0.3 is 5.97 Å². The number of benzene rings is 1. The van der Waals surface area contributed by atoms with E-state index >= 15 is 0 Å². The maximum Gasteiger partial charge on any atom is 0.331 e. The number of hydrogen-bond acceptors (Lipinski definition) is 5. The number of ether oxygens (including phenoxy) is 3. The summed E-state index contributed by atoms with van der Waals surface area (Å²) in [7, 11) is 1.59. The van der Waals surface area contributed by atoms with Crippen LogP contribution in [0.3, 0.4) is 0 Å². The van der Waals surface area contributed by atoms with Crippen molar-refractivity contribution in [2.24, 2.45) is 0 Å². The Bertz CT molecular complexity index is 547. The lowest BCUT2D eigenvalue weighted by Gasteiger charge is -2.10. The maximum atomic E-state index is 11.6. The van der Waals surface area contributed by atoms with Crippen molar-refractivity contribution in [3.8, 4) is 5.75 Å². The number of nitrogens with one attached hydrogen (secondary N) is 1. The van der Waals surface area contributed by atoms with Crippen LogP contribution in [0.4, 0.5) is 0 Å². The Morgan fingerprint density at radius 3 is 2.78 bits per heavy atom. The number of amides is 1. The van der Waals surface area contributed by atoms with Gasteiger partial charge in [0.25, 0.3) is 5.91 Å². The van der Waals surface area contributed by atoms with Gasteiger partial charge in [-0.3, -0.25) is 4.79 Å². The minimum Gasteiger partial charge on any atom is -0.497 e. The molecule has 1 aromatic carbocycles. The van der Waals surface area contributed by atoms with Gasteiger partial charge in [0, 0.05) is 19.2 Å². The monoisotopic (exact) mass is 319 g/mol. The van der Waals surface area contributed by atoms with Crippen LogP contribution in [0.2, 0.25) is 0 Å². The molecule has 0 aliphatic carbocycles. The normalized spacial score (nSPS) is 17.2. The van der Waals surface area contributed by atoms with Crippen LogP contribution >= 0.6 is 0 Å². The van der Waals surface area contributed by atoms with Crippen molar-refractivity contribution in [2.75, 3.05) is 26.9 Å². The van der Waals surface area contributed by atoms with Gasteiger partial charge in [0.05, 0.1) is 13.2 Å². The molecule has 1 heterocycles. The molecule has 124 valence electrons. The fourth-order valence-corrected chi connectivity index (χ4v) is 2.15. The number of rotatable bonds is 7. The molecule has 1 fully saturated rings. The second-order valence-corrected chi connectivity index (χ2v) is 5.15. The molecule has 23 heavy (non-hydrogen) atoms. The summed E-state index contributed by atoms with van der Waals surface area (Å²) in [6.45, 7) is 0.905. The Kier molecular flexibility index (Phi) is 6.62. The van der Waals surface area contributed by atoms with E-state index < -0.39 is 5.97 Å².